The number of hydrogen-bond donors (Lipinski definition) is 2. The second-order valence-electron chi connectivity index (χ2n) is 12.1. The molecule has 0 aliphatic heterocycles. The van der Waals surface area contributed by atoms with Gasteiger partial charge in [0.2, 0.25) is 11.5 Å². The number of benzene rings is 4. The molecule has 4 aromatic carbocycles. The van der Waals surface area contributed by atoms with Crippen molar-refractivity contribution in [1.29, 1.82) is 0 Å². The van der Waals surface area contributed by atoms with Gasteiger partial charge in [-0.2, -0.15) is 0 Å². The SMILES string of the molecule is COc1cc(C/C(C#CCO)=C(\CO)Cc2cc(OC)c(C#Cc3cc(OC)c(OC)c(OC)c3)c(OC)c2)cc(OC)c1C#Cc1cc(OC)c(OC)c(OC)c1. The number of ether oxygens (including phenoxy) is 10. The van der Waals surface area contributed by atoms with Crippen LogP contribution < -0.4 is 47.4 Å². The van der Waals surface area contributed by atoms with E-state index in [2.05, 4.69) is 35.5 Å². The lowest BCUT2D eigenvalue weighted by molar-refractivity contribution is 0.324. The van der Waals surface area contributed by atoms with Gasteiger partial charge in [0, 0.05) is 23.1 Å². The Morgan fingerprint density at radius 2 is 0.776 bits per heavy atom. The molecule has 0 heterocycles. The van der Waals surface area contributed by atoms with E-state index in [9.17, 15) is 10.2 Å². The van der Waals surface area contributed by atoms with Crippen LogP contribution in [0.2, 0.25) is 0 Å². The monoisotopic (exact) mass is 792 g/mol. The largest absolute Gasteiger partial charge is 0.495 e. The van der Waals surface area contributed by atoms with Gasteiger partial charge in [-0.1, -0.05) is 35.5 Å². The number of aliphatic hydroxyl groups excluding tert-OH is 2. The van der Waals surface area contributed by atoms with Crippen molar-refractivity contribution in [3.63, 3.8) is 0 Å². The molecule has 0 atom stereocenters. The summed E-state index contributed by atoms with van der Waals surface area (Å²) in [6, 6.07) is 14.3. The fourth-order valence-corrected chi connectivity index (χ4v) is 6.07. The maximum absolute atomic E-state index is 10.7. The van der Waals surface area contributed by atoms with Gasteiger partial charge in [0.15, 0.2) is 23.0 Å². The van der Waals surface area contributed by atoms with E-state index in [1.807, 2.05) is 24.3 Å². The van der Waals surface area contributed by atoms with E-state index < -0.39 is 0 Å². The Morgan fingerprint density at radius 3 is 1.07 bits per heavy atom. The van der Waals surface area contributed by atoms with Gasteiger partial charge in [0.25, 0.3) is 0 Å². The van der Waals surface area contributed by atoms with Crippen LogP contribution in [0.15, 0.2) is 59.7 Å². The molecule has 0 saturated heterocycles. The van der Waals surface area contributed by atoms with Crippen LogP contribution in [0, 0.1) is 35.5 Å². The predicted octanol–water partition coefficient (Wildman–Crippen LogP) is 5.64. The van der Waals surface area contributed by atoms with E-state index >= 15 is 0 Å². The van der Waals surface area contributed by atoms with Crippen LogP contribution >= 0.6 is 0 Å². The molecule has 4 rings (SSSR count). The fourth-order valence-electron chi connectivity index (χ4n) is 6.07. The second-order valence-corrected chi connectivity index (χ2v) is 12.1. The first-order valence-electron chi connectivity index (χ1n) is 17.7. The molecule has 0 amide bonds. The highest BCUT2D eigenvalue weighted by molar-refractivity contribution is 5.64. The minimum atomic E-state index is -0.370. The molecular formula is C46H48O12. The summed E-state index contributed by atoms with van der Waals surface area (Å²) in [4.78, 5) is 0. The minimum absolute atomic E-state index is 0.281. The van der Waals surface area contributed by atoms with Gasteiger partial charge >= 0.3 is 0 Å². The molecule has 0 aromatic heterocycles. The zero-order valence-corrected chi connectivity index (χ0v) is 34.4. The van der Waals surface area contributed by atoms with E-state index in [0.717, 1.165) is 11.1 Å². The Balaban J connectivity index is 1.74. The summed E-state index contributed by atoms with van der Waals surface area (Å²) in [5.74, 6) is 23.1. The smallest absolute Gasteiger partial charge is 0.203 e. The molecule has 0 unspecified atom stereocenters. The Bertz CT molecular complexity index is 2210. The third kappa shape index (κ3) is 10.3. The van der Waals surface area contributed by atoms with Crippen LogP contribution in [-0.4, -0.2) is 94.5 Å². The average Bonchev–Trinajstić information content (AvgIpc) is 3.26. The lowest BCUT2D eigenvalue weighted by atomic mass is 9.94. The maximum Gasteiger partial charge on any atom is 0.203 e. The van der Waals surface area contributed by atoms with Gasteiger partial charge in [-0.15, -0.1) is 0 Å². The zero-order chi connectivity index (χ0) is 42.2. The molecule has 0 bridgehead atoms. The summed E-state index contributed by atoms with van der Waals surface area (Å²) in [5.41, 5.74) is 5.03. The van der Waals surface area contributed by atoms with Crippen molar-refractivity contribution >= 4 is 0 Å². The molecule has 0 aliphatic rings. The molecule has 0 aliphatic carbocycles. The van der Waals surface area contributed by atoms with Gasteiger partial charge in [0.1, 0.15) is 40.7 Å². The van der Waals surface area contributed by atoms with Crippen molar-refractivity contribution in [2.24, 2.45) is 0 Å². The first kappa shape index (κ1) is 43.9. The van der Waals surface area contributed by atoms with E-state index in [1.165, 1.54) is 42.7 Å². The first-order chi connectivity index (χ1) is 28.2. The summed E-state index contributed by atoms with van der Waals surface area (Å²) in [6.07, 6.45) is 0.564. The van der Waals surface area contributed by atoms with Gasteiger partial charge in [-0.3, -0.25) is 0 Å². The lowest BCUT2D eigenvalue weighted by Gasteiger charge is -2.16. The van der Waals surface area contributed by atoms with Crippen LogP contribution in [0.3, 0.4) is 0 Å². The van der Waals surface area contributed by atoms with Gasteiger partial charge in [-0.05, 0) is 71.7 Å². The van der Waals surface area contributed by atoms with Crippen LogP contribution in [0.1, 0.15) is 33.4 Å². The molecule has 0 radical (unpaired) electrons. The van der Waals surface area contributed by atoms with Gasteiger partial charge in [-0.25, -0.2) is 0 Å². The maximum atomic E-state index is 10.7. The summed E-state index contributed by atoms with van der Waals surface area (Å²) in [5, 5.41) is 20.4. The average molecular weight is 793 g/mol. The summed E-state index contributed by atoms with van der Waals surface area (Å²) >= 11 is 0. The molecule has 0 fully saturated rings. The Labute approximate surface area is 340 Å². The zero-order valence-electron chi connectivity index (χ0n) is 34.4. The standard InChI is InChI=1S/C46H48O12/c1-49-37-24-31(25-38(50-2)35(37)15-13-29-20-41(53-5)45(57-9)42(21-29)54-6)18-33(12-11-17-47)34(28-48)19-32-26-39(51-3)36(40(27-32)52-4)16-14-30-22-43(55-7)46(58-10)44(23-30)56-8/h20-27,47-48H,17-19,28H2,1-10H3/b34-33-. The first-order valence-corrected chi connectivity index (χ1v) is 17.7. The van der Waals surface area contributed by atoms with E-state index in [1.54, 1.807) is 52.7 Å². The molecule has 0 spiro atoms. The molecule has 0 saturated carbocycles. The van der Waals surface area contributed by atoms with Crippen molar-refractivity contribution in [1.82, 2.24) is 0 Å². The molecule has 58 heavy (non-hydrogen) atoms. The third-order valence-corrected chi connectivity index (χ3v) is 8.86. The summed E-state index contributed by atoms with van der Waals surface area (Å²) in [7, 11) is 15.4. The van der Waals surface area contributed by atoms with Crippen LogP contribution in [0.5, 0.6) is 57.5 Å². The van der Waals surface area contributed by atoms with Crippen molar-refractivity contribution in [2.75, 3.05) is 84.3 Å². The number of rotatable bonds is 15. The van der Waals surface area contributed by atoms with E-state index in [4.69, 9.17) is 47.4 Å². The van der Waals surface area contributed by atoms with Gasteiger partial charge < -0.3 is 57.6 Å². The third-order valence-electron chi connectivity index (χ3n) is 8.86. The van der Waals surface area contributed by atoms with Crippen LogP contribution in [-0.2, 0) is 12.8 Å². The second kappa shape index (κ2) is 21.5. The quantitative estimate of drug-likeness (QED) is 0.145. The Morgan fingerprint density at radius 1 is 0.431 bits per heavy atom. The number of hydrogen-bond acceptors (Lipinski definition) is 12. The molecular weight excluding hydrogens is 744 g/mol. The Hall–Kier alpha value is -6.78. The topological polar surface area (TPSA) is 133 Å². The summed E-state index contributed by atoms with van der Waals surface area (Å²) in [6.45, 7) is -0.680. The highest BCUT2D eigenvalue weighted by Crippen LogP contribution is 2.40. The Kier molecular flexibility index (Phi) is 16.3. The van der Waals surface area contributed by atoms with E-state index in [0.29, 0.717) is 90.9 Å². The lowest BCUT2D eigenvalue weighted by Crippen LogP contribution is -2.05. The highest BCUT2D eigenvalue weighted by atomic mass is 16.5. The van der Waals surface area contributed by atoms with Crippen molar-refractivity contribution in [3.05, 3.63) is 93.1 Å². The highest BCUT2D eigenvalue weighted by Gasteiger charge is 2.18. The van der Waals surface area contributed by atoms with Gasteiger partial charge in [0.05, 0.1) is 77.7 Å². The fraction of sp³-hybridized carbons (Fsp3) is 0.304. The molecule has 12 heteroatoms. The van der Waals surface area contributed by atoms with E-state index in [-0.39, 0.29) is 26.1 Å². The summed E-state index contributed by atoms with van der Waals surface area (Å²) < 4.78 is 55.9. The molecule has 4 aromatic rings. The predicted molar refractivity (Wildman–Crippen MR) is 220 cm³/mol. The van der Waals surface area contributed by atoms with Crippen molar-refractivity contribution < 1.29 is 57.6 Å². The minimum Gasteiger partial charge on any atom is -0.495 e. The molecule has 2 N–H and O–H groups in total. The number of allylic oxidation sites excluding steroid dienone is 1. The number of methoxy groups -OCH3 is 10. The molecule has 304 valence electrons. The van der Waals surface area contributed by atoms with Crippen molar-refractivity contribution in [3.8, 4) is 93.0 Å². The van der Waals surface area contributed by atoms with Crippen LogP contribution in [0.25, 0.3) is 0 Å². The molecule has 12 nitrogen and oxygen atoms in total. The van der Waals surface area contributed by atoms with Crippen LogP contribution in [0.4, 0.5) is 0 Å². The van der Waals surface area contributed by atoms with Crippen molar-refractivity contribution in [2.45, 2.75) is 12.8 Å². The number of aliphatic hydroxyl groups is 2. The normalized spacial score (nSPS) is 10.6.